The molecule has 0 saturated carbocycles. The molecule has 124 valence electrons. The van der Waals surface area contributed by atoms with E-state index >= 15 is 0 Å². The van der Waals surface area contributed by atoms with E-state index in [0.29, 0.717) is 0 Å². The van der Waals surface area contributed by atoms with E-state index in [2.05, 4.69) is 85.8 Å². The molecular weight excluding hydrogens is 316 g/mol. The van der Waals surface area contributed by atoms with E-state index in [1.54, 1.807) is 0 Å². The number of aryl methyl sites for hydroxylation is 1. The fourth-order valence-corrected chi connectivity index (χ4v) is 3.53. The zero-order valence-corrected chi connectivity index (χ0v) is 14.6. The van der Waals surface area contributed by atoms with Gasteiger partial charge in [0.2, 0.25) is 0 Å². The summed E-state index contributed by atoms with van der Waals surface area (Å²) in [4.78, 5) is 0. The van der Waals surface area contributed by atoms with Gasteiger partial charge < -0.3 is 4.42 Å². The second-order valence-electron chi connectivity index (χ2n) is 6.76. The van der Waals surface area contributed by atoms with Gasteiger partial charge in [0.1, 0.15) is 11.2 Å². The van der Waals surface area contributed by atoms with Gasteiger partial charge in [0, 0.05) is 10.8 Å². The van der Waals surface area contributed by atoms with Crippen molar-refractivity contribution in [3.63, 3.8) is 0 Å². The monoisotopic (exact) mass is 334 g/mol. The Morgan fingerprint density at radius 3 is 2.00 bits per heavy atom. The van der Waals surface area contributed by atoms with Crippen LogP contribution in [0.2, 0.25) is 0 Å². The zero-order valence-electron chi connectivity index (χ0n) is 14.6. The van der Waals surface area contributed by atoms with Crippen LogP contribution in [0.3, 0.4) is 0 Å². The number of hydrogen-bond donors (Lipinski definition) is 0. The molecule has 0 N–H and O–H groups in total. The van der Waals surface area contributed by atoms with Crippen LogP contribution in [-0.2, 0) is 0 Å². The lowest BCUT2D eigenvalue weighted by atomic mass is 9.97. The molecule has 1 heteroatoms. The first-order valence-corrected chi connectivity index (χ1v) is 8.87. The van der Waals surface area contributed by atoms with Crippen molar-refractivity contribution in [2.75, 3.05) is 0 Å². The van der Waals surface area contributed by atoms with Crippen molar-refractivity contribution < 1.29 is 4.42 Å². The first-order chi connectivity index (χ1) is 12.8. The summed E-state index contributed by atoms with van der Waals surface area (Å²) in [6, 6.07) is 32.0. The molecule has 1 nitrogen and oxygen atoms in total. The SMILES string of the molecule is Cc1ccc(-c2cccc(-c3ccc4oc5ccccc5c4c3)c2)cc1. The van der Waals surface area contributed by atoms with Gasteiger partial charge in [0.05, 0.1) is 0 Å². The highest BCUT2D eigenvalue weighted by Crippen LogP contribution is 2.33. The maximum absolute atomic E-state index is 5.95. The highest BCUT2D eigenvalue weighted by atomic mass is 16.3. The lowest BCUT2D eigenvalue weighted by Gasteiger charge is -2.07. The summed E-state index contributed by atoms with van der Waals surface area (Å²) < 4.78 is 5.95. The first-order valence-electron chi connectivity index (χ1n) is 8.87. The predicted molar refractivity (Wildman–Crippen MR) is 109 cm³/mol. The molecule has 0 fully saturated rings. The summed E-state index contributed by atoms with van der Waals surface area (Å²) in [5, 5.41) is 2.33. The van der Waals surface area contributed by atoms with Crippen LogP contribution < -0.4 is 0 Å². The normalized spacial score (nSPS) is 11.3. The number of rotatable bonds is 2. The van der Waals surface area contributed by atoms with E-state index in [4.69, 9.17) is 4.42 Å². The van der Waals surface area contributed by atoms with E-state index in [1.165, 1.54) is 38.6 Å². The molecular formula is C25H18O. The molecule has 1 aromatic heterocycles. The van der Waals surface area contributed by atoms with Crippen molar-refractivity contribution in [2.24, 2.45) is 0 Å². The Morgan fingerprint density at radius 2 is 1.15 bits per heavy atom. The zero-order chi connectivity index (χ0) is 17.5. The number of fused-ring (bicyclic) bond motifs is 3. The average Bonchev–Trinajstić information content (AvgIpc) is 3.06. The van der Waals surface area contributed by atoms with Crippen molar-refractivity contribution in [1.29, 1.82) is 0 Å². The lowest BCUT2D eigenvalue weighted by Crippen LogP contribution is -1.82. The molecule has 0 aliphatic carbocycles. The van der Waals surface area contributed by atoms with Crippen LogP contribution in [0.1, 0.15) is 5.56 Å². The molecule has 5 rings (SSSR count). The van der Waals surface area contributed by atoms with Gasteiger partial charge in [0.25, 0.3) is 0 Å². The molecule has 5 aromatic rings. The van der Waals surface area contributed by atoms with E-state index in [-0.39, 0.29) is 0 Å². The van der Waals surface area contributed by atoms with E-state index in [9.17, 15) is 0 Å². The maximum atomic E-state index is 5.95. The number of hydrogen-bond acceptors (Lipinski definition) is 1. The van der Waals surface area contributed by atoms with Gasteiger partial charge in [0.15, 0.2) is 0 Å². The number of para-hydroxylation sites is 1. The molecule has 0 unspecified atom stereocenters. The molecule has 0 bridgehead atoms. The Labute approximate surface area is 152 Å². The summed E-state index contributed by atoms with van der Waals surface area (Å²) in [6.07, 6.45) is 0. The minimum atomic E-state index is 0.935. The molecule has 0 spiro atoms. The Balaban J connectivity index is 1.64. The van der Waals surface area contributed by atoms with Crippen molar-refractivity contribution in [1.82, 2.24) is 0 Å². The summed E-state index contributed by atoms with van der Waals surface area (Å²) in [7, 11) is 0. The highest BCUT2D eigenvalue weighted by molar-refractivity contribution is 6.06. The summed E-state index contributed by atoms with van der Waals surface area (Å²) >= 11 is 0. The van der Waals surface area contributed by atoms with Gasteiger partial charge in [-0.15, -0.1) is 0 Å². The third-order valence-corrected chi connectivity index (χ3v) is 4.96. The Kier molecular flexibility index (Phi) is 3.39. The molecule has 0 aliphatic heterocycles. The molecule has 0 atom stereocenters. The minimum absolute atomic E-state index is 0.935. The van der Waals surface area contributed by atoms with Crippen molar-refractivity contribution in [3.8, 4) is 22.3 Å². The van der Waals surface area contributed by atoms with Gasteiger partial charge in [-0.1, -0.05) is 72.3 Å². The van der Waals surface area contributed by atoms with Gasteiger partial charge in [-0.25, -0.2) is 0 Å². The Bertz CT molecular complexity index is 1230. The first kappa shape index (κ1) is 15.0. The van der Waals surface area contributed by atoms with Crippen molar-refractivity contribution in [2.45, 2.75) is 6.92 Å². The second-order valence-corrected chi connectivity index (χ2v) is 6.76. The van der Waals surface area contributed by atoms with Gasteiger partial charge in [-0.05, 0) is 53.4 Å². The van der Waals surface area contributed by atoms with E-state index < -0.39 is 0 Å². The van der Waals surface area contributed by atoms with Crippen LogP contribution >= 0.6 is 0 Å². The fourth-order valence-electron chi connectivity index (χ4n) is 3.53. The smallest absolute Gasteiger partial charge is 0.135 e. The summed E-state index contributed by atoms with van der Waals surface area (Å²) in [5.41, 5.74) is 8.06. The van der Waals surface area contributed by atoms with Crippen LogP contribution in [0.15, 0.2) is 95.4 Å². The number of benzene rings is 4. The average molecular weight is 334 g/mol. The van der Waals surface area contributed by atoms with Crippen LogP contribution in [0, 0.1) is 6.92 Å². The molecule has 26 heavy (non-hydrogen) atoms. The Hall–Kier alpha value is -3.32. The maximum Gasteiger partial charge on any atom is 0.135 e. The highest BCUT2D eigenvalue weighted by Gasteiger charge is 2.08. The molecule has 0 aliphatic rings. The summed E-state index contributed by atoms with van der Waals surface area (Å²) in [5.74, 6) is 0. The topological polar surface area (TPSA) is 13.1 Å². The summed E-state index contributed by atoms with van der Waals surface area (Å²) in [6.45, 7) is 2.12. The third-order valence-electron chi connectivity index (χ3n) is 4.96. The number of furan rings is 1. The van der Waals surface area contributed by atoms with E-state index in [1.807, 2.05) is 12.1 Å². The van der Waals surface area contributed by atoms with Crippen molar-refractivity contribution >= 4 is 21.9 Å². The van der Waals surface area contributed by atoms with Crippen LogP contribution in [0.25, 0.3) is 44.2 Å². The second kappa shape index (κ2) is 5.89. The third kappa shape index (κ3) is 2.49. The van der Waals surface area contributed by atoms with Gasteiger partial charge in [-0.2, -0.15) is 0 Å². The van der Waals surface area contributed by atoms with Crippen molar-refractivity contribution in [3.05, 3.63) is 96.6 Å². The molecule has 0 radical (unpaired) electrons. The lowest BCUT2D eigenvalue weighted by molar-refractivity contribution is 0.669. The van der Waals surface area contributed by atoms with Crippen LogP contribution in [0.5, 0.6) is 0 Å². The van der Waals surface area contributed by atoms with E-state index in [0.717, 1.165) is 11.2 Å². The van der Waals surface area contributed by atoms with Crippen LogP contribution in [0.4, 0.5) is 0 Å². The van der Waals surface area contributed by atoms with Gasteiger partial charge in [-0.3, -0.25) is 0 Å². The molecule has 1 heterocycles. The molecule has 4 aromatic carbocycles. The Morgan fingerprint density at radius 1 is 0.500 bits per heavy atom. The minimum Gasteiger partial charge on any atom is -0.456 e. The standard InChI is InChI=1S/C25H18O/c1-17-9-11-18(12-10-17)19-5-4-6-20(15-19)21-13-14-25-23(16-21)22-7-2-3-8-24(22)26-25/h2-16H,1H3. The fraction of sp³-hybridized carbons (Fsp3) is 0.0400. The van der Waals surface area contributed by atoms with Crippen LogP contribution in [-0.4, -0.2) is 0 Å². The molecule has 0 amide bonds. The largest absolute Gasteiger partial charge is 0.456 e. The molecule has 0 saturated heterocycles. The van der Waals surface area contributed by atoms with Gasteiger partial charge >= 0.3 is 0 Å². The quantitative estimate of drug-likeness (QED) is 0.332. The predicted octanol–water partition coefficient (Wildman–Crippen LogP) is 7.23.